The molecular formula is C29H61NO2. The van der Waals surface area contributed by atoms with Gasteiger partial charge in [-0.05, 0) is 20.3 Å². The Balaban J connectivity index is 3.14. The highest BCUT2D eigenvalue weighted by atomic mass is 16.3. The Kier molecular flexibility index (Phi) is 25.4. The van der Waals surface area contributed by atoms with Crippen molar-refractivity contribution in [2.45, 2.75) is 181 Å². The number of unbranched alkanes of at least 4 members (excludes halogenated alkanes) is 22. The minimum absolute atomic E-state index is 0.560. The van der Waals surface area contributed by atoms with Crippen molar-refractivity contribution in [3.63, 3.8) is 0 Å². The van der Waals surface area contributed by atoms with Crippen LogP contribution < -0.4 is 0 Å². The Morgan fingerprint density at radius 2 is 0.625 bits per heavy atom. The smallest absolute Gasteiger partial charge is 0.106 e. The molecule has 0 bridgehead atoms. The lowest BCUT2D eigenvalue weighted by atomic mass is 10.0. The van der Waals surface area contributed by atoms with Crippen LogP contribution in [-0.4, -0.2) is 34.1 Å². The van der Waals surface area contributed by atoms with Crippen molar-refractivity contribution < 1.29 is 10.2 Å². The Morgan fingerprint density at radius 3 is 0.844 bits per heavy atom. The first kappa shape index (κ1) is 31.9. The van der Waals surface area contributed by atoms with Crippen LogP contribution in [0.4, 0.5) is 0 Å². The third kappa shape index (κ3) is 23.1. The molecular weight excluding hydrogens is 394 g/mol. The summed E-state index contributed by atoms with van der Waals surface area (Å²) in [5.74, 6) is 0. The van der Waals surface area contributed by atoms with Crippen molar-refractivity contribution in [1.29, 1.82) is 0 Å². The van der Waals surface area contributed by atoms with Gasteiger partial charge in [-0.1, -0.05) is 148 Å². The van der Waals surface area contributed by atoms with Crippen molar-refractivity contribution >= 4 is 0 Å². The van der Waals surface area contributed by atoms with Crippen LogP contribution in [0.1, 0.15) is 168 Å². The van der Waals surface area contributed by atoms with Crippen LogP contribution >= 0.6 is 0 Å². The first-order valence-corrected chi connectivity index (χ1v) is 14.7. The number of hydrogen-bond donors (Lipinski definition) is 2. The molecule has 32 heavy (non-hydrogen) atoms. The van der Waals surface area contributed by atoms with E-state index in [1.165, 1.54) is 141 Å². The molecule has 0 amide bonds. The van der Waals surface area contributed by atoms with E-state index in [-0.39, 0.29) is 0 Å². The molecule has 2 atom stereocenters. The topological polar surface area (TPSA) is 43.7 Å². The van der Waals surface area contributed by atoms with E-state index in [0.29, 0.717) is 0 Å². The molecule has 0 aromatic carbocycles. The van der Waals surface area contributed by atoms with Gasteiger partial charge in [-0.15, -0.1) is 0 Å². The van der Waals surface area contributed by atoms with Crippen LogP contribution in [0.2, 0.25) is 0 Å². The van der Waals surface area contributed by atoms with Gasteiger partial charge in [0.25, 0.3) is 0 Å². The standard InChI is InChI=1S/C29H61NO2/c1-4-5-6-7-8-9-10-11-12-13-14-15-16-17-18-19-20-21-22-23-24-25-26-27-30(28(2)31)29(3)32/h28-29,31-32H,4-27H2,1-3H3. The van der Waals surface area contributed by atoms with E-state index in [1.54, 1.807) is 18.7 Å². The molecule has 0 aromatic rings. The van der Waals surface area contributed by atoms with Crippen LogP contribution in [0.25, 0.3) is 0 Å². The molecule has 0 radical (unpaired) electrons. The summed E-state index contributed by atoms with van der Waals surface area (Å²) in [5, 5.41) is 19.3. The van der Waals surface area contributed by atoms with Gasteiger partial charge in [0.05, 0.1) is 0 Å². The van der Waals surface area contributed by atoms with Gasteiger partial charge in [0.2, 0.25) is 0 Å². The maximum Gasteiger partial charge on any atom is 0.106 e. The van der Waals surface area contributed by atoms with E-state index >= 15 is 0 Å². The van der Waals surface area contributed by atoms with Gasteiger partial charge >= 0.3 is 0 Å². The van der Waals surface area contributed by atoms with Crippen molar-refractivity contribution in [3.8, 4) is 0 Å². The third-order valence-corrected chi connectivity index (χ3v) is 6.98. The molecule has 2 unspecified atom stereocenters. The quantitative estimate of drug-likeness (QED) is 0.101. The number of aliphatic hydroxyl groups is 2. The maximum atomic E-state index is 9.63. The monoisotopic (exact) mass is 455 g/mol. The highest BCUT2D eigenvalue weighted by Gasteiger charge is 2.14. The Hall–Kier alpha value is -0.120. The summed E-state index contributed by atoms with van der Waals surface area (Å²) >= 11 is 0. The molecule has 2 N–H and O–H groups in total. The van der Waals surface area contributed by atoms with Crippen molar-refractivity contribution in [1.82, 2.24) is 4.90 Å². The molecule has 0 aromatic heterocycles. The summed E-state index contributed by atoms with van der Waals surface area (Å²) < 4.78 is 0. The summed E-state index contributed by atoms with van der Waals surface area (Å²) in [6.07, 6.45) is 31.1. The molecule has 0 saturated carbocycles. The number of aliphatic hydroxyl groups excluding tert-OH is 2. The molecule has 194 valence electrons. The van der Waals surface area contributed by atoms with Crippen LogP contribution in [0, 0.1) is 0 Å². The first-order chi connectivity index (χ1) is 15.6. The van der Waals surface area contributed by atoms with Gasteiger partial charge in [-0.2, -0.15) is 0 Å². The van der Waals surface area contributed by atoms with Crippen molar-refractivity contribution in [2.75, 3.05) is 6.54 Å². The predicted octanol–water partition coefficient (Wildman–Crippen LogP) is 8.96. The lowest BCUT2D eigenvalue weighted by Gasteiger charge is -2.27. The fourth-order valence-corrected chi connectivity index (χ4v) is 4.77. The van der Waals surface area contributed by atoms with Gasteiger partial charge in [0, 0.05) is 6.54 Å². The van der Waals surface area contributed by atoms with E-state index < -0.39 is 12.5 Å². The number of hydrogen-bond acceptors (Lipinski definition) is 3. The second kappa shape index (κ2) is 25.5. The molecule has 0 rings (SSSR count). The Labute approximate surface area is 202 Å². The van der Waals surface area contributed by atoms with Crippen molar-refractivity contribution in [2.24, 2.45) is 0 Å². The van der Waals surface area contributed by atoms with E-state index in [1.807, 2.05) is 0 Å². The zero-order valence-corrected chi connectivity index (χ0v) is 22.5. The SMILES string of the molecule is CCCCCCCCCCCCCCCCCCCCCCCCCN(C(C)O)C(C)O. The molecule has 0 fully saturated rings. The summed E-state index contributed by atoms with van der Waals surface area (Å²) in [6.45, 7) is 6.54. The van der Waals surface area contributed by atoms with Gasteiger partial charge in [-0.3, -0.25) is 4.90 Å². The highest BCUT2D eigenvalue weighted by molar-refractivity contribution is 4.59. The molecule has 0 saturated heterocycles. The molecule has 0 aliphatic heterocycles. The van der Waals surface area contributed by atoms with Gasteiger partial charge in [0.1, 0.15) is 12.5 Å². The second-order valence-electron chi connectivity index (χ2n) is 10.3. The minimum atomic E-state index is -0.560. The Bertz CT molecular complexity index is 338. The largest absolute Gasteiger partial charge is 0.379 e. The lowest BCUT2D eigenvalue weighted by Crippen LogP contribution is -2.40. The second-order valence-corrected chi connectivity index (χ2v) is 10.3. The minimum Gasteiger partial charge on any atom is -0.379 e. The van der Waals surface area contributed by atoms with Gasteiger partial charge in [0.15, 0.2) is 0 Å². The summed E-state index contributed by atoms with van der Waals surface area (Å²) in [4.78, 5) is 1.75. The zero-order chi connectivity index (χ0) is 23.7. The summed E-state index contributed by atoms with van der Waals surface area (Å²) in [7, 11) is 0. The zero-order valence-electron chi connectivity index (χ0n) is 22.5. The number of rotatable bonds is 26. The average Bonchev–Trinajstić information content (AvgIpc) is 2.76. The van der Waals surface area contributed by atoms with E-state index in [2.05, 4.69) is 6.92 Å². The van der Waals surface area contributed by atoms with E-state index in [0.717, 1.165) is 13.0 Å². The maximum absolute atomic E-state index is 9.63. The Morgan fingerprint density at radius 1 is 0.406 bits per heavy atom. The molecule has 0 aliphatic carbocycles. The summed E-state index contributed by atoms with van der Waals surface area (Å²) in [5.41, 5.74) is 0. The van der Waals surface area contributed by atoms with Crippen LogP contribution in [0.5, 0.6) is 0 Å². The number of nitrogens with zero attached hydrogens (tertiary/aromatic N) is 1. The van der Waals surface area contributed by atoms with Crippen LogP contribution in [0.15, 0.2) is 0 Å². The lowest BCUT2D eigenvalue weighted by molar-refractivity contribution is -0.0844. The van der Waals surface area contributed by atoms with Crippen LogP contribution in [0.3, 0.4) is 0 Å². The average molecular weight is 456 g/mol. The molecule has 0 aliphatic rings. The van der Waals surface area contributed by atoms with Crippen molar-refractivity contribution in [3.05, 3.63) is 0 Å². The normalized spacial score (nSPS) is 13.7. The van der Waals surface area contributed by atoms with Gasteiger partial charge in [-0.25, -0.2) is 0 Å². The molecule has 3 heteroatoms. The molecule has 0 heterocycles. The van der Waals surface area contributed by atoms with E-state index in [4.69, 9.17) is 0 Å². The summed E-state index contributed by atoms with van der Waals surface area (Å²) in [6, 6.07) is 0. The first-order valence-electron chi connectivity index (χ1n) is 14.7. The van der Waals surface area contributed by atoms with E-state index in [9.17, 15) is 10.2 Å². The molecule has 3 nitrogen and oxygen atoms in total. The fourth-order valence-electron chi connectivity index (χ4n) is 4.77. The third-order valence-electron chi connectivity index (χ3n) is 6.98. The fraction of sp³-hybridized carbons (Fsp3) is 1.00. The predicted molar refractivity (Wildman–Crippen MR) is 142 cm³/mol. The molecule has 0 spiro atoms. The highest BCUT2D eigenvalue weighted by Crippen LogP contribution is 2.15. The van der Waals surface area contributed by atoms with Gasteiger partial charge < -0.3 is 10.2 Å². The van der Waals surface area contributed by atoms with Crippen LogP contribution in [-0.2, 0) is 0 Å².